The monoisotopic (exact) mass is 229 g/mol. The van der Waals surface area contributed by atoms with E-state index in [-0.39, 0.29) is 18.7 Å². The average molecular weight is 229 g/mol. The van der Waals surface area contributed by atoms with Crippen LogP contribution in [-0.2, 0) is 4.74 Å². The van der Waals surface area contributed by atoms with E-state index in [0.29, 0.717) is 12.5 Å². The van der Waals surface area contributed by atoms with Crippen LogP contribution in [0, 0.1) is 5.92 Å². The number of carbonyl (C=O) groups is 1. The van der Waals surface area contributed by atoms with Crippen molar-refractivity contribution in [2.45, 2.75) is 51.5 Å². The SMILES string of the molecule is CCCCOC(=O)N[C@@H]1CCC[C@H](CO)C1. The molecule has 0 bridgehead atoms. The summed E-state index contributed by atoms with van der Waals surface area (Å²) in [7, 11) is 0. The smallest absolute Gasteiger partial charge is 0.407 e. The molecule has 1 aliphatic carbocycles. The molecule has 2 N–H and O–H groups in total. The highest BCUT2D eigenvalue weighted by Crippen LogP contribution is 2.23. The third kappa shape index (κ3) is 4.84. The van der Waals surface area contributed by atoms with Gasteiger partial charge < -0.3 is 15.2 Å². The normalized spacial score (nSPS) is 25.1. The van der Waals surface area contributed by atoms with E-state index in [1.54, 1.807) is 0 Å². The summed E-state index contributed by atoms with van der Waals surface area (Å²) in [6.07, 6.45) is 5.65. The molecule has 0 saturated heterocycles. The first-order valence-electron chi connectivity index (χ1n) is 6.30. The maximum Gasteiger partial charge on any atom is 0.407 e. The van der Waals surface area contributed by atoms with Crippen LogP contribution in [0.15, 0.2) is 0 Å². The van der Waals surface area contributed by atoms with E-state index in [1.165, 1.54) is 0 Å². The molecule has 4 heteroatoms. The summed E-state index contributed by atoms with van der Waals surface area (Å²) < 4.78 is 5.04. The molecule has 1 aliphatic rings. The van der Waals surface area contributed by atoms with Crippen LogP contribution in [0.1, 0.15) is 45.4 Å². The lowest BCUT2D eigenvalue weighted by Gasteiger charge is -2.28. The number of aliphatic hydroxyl groups excluding tert-OH is 1. The number of nitrogens with one attached hydrogen (secondary N) is 1. The molecule has 1 rings (SSSR count). The molecule has 94 valence electrons. The Labute approximate surface area is 97.4 Å². The molecule has 1 saturated carbocycles. The Hall–Kier alpha value is -0.770. The average Bonchev–Trinajstić information content (AvgIpc) is 2.29. The van der Waals surface area contributed by atoms with Crippen molar-refractivity contribution < 1.29 is 14.6 Å². The summed E-state index contributed by atoms with van der Waals surface area (Å²) in [6, 6.07) is 0.181. The molecule has 0 aromatic carbocycles. The molecule has 16 heavy (non-hydrogen) atoms. The van der Waals surface area contributed by atoms with Crippen molar-refractivity contribution in [2.75, 3.05) is 13.2 Å². The van der Waals surface area contributed by atoms with Crippen LogP contribution in [0.4, 0.5) is 4.79 Å². The molecule has 1 amide bonds. The van der Waals surface area contributed by atoms with Crippen LogP contribution >= 0.6 is 0 Å². The van der Waals surface area contributed by atoms with Gasteiger partial charge in [0.25, 0.3) is 0 Å². The Balaban J connectivity index is 2.17. The summed E-state index contributed by atoms with van der Waals surface area (Å²) in [5.41, 5.74) is 0. The van der Waals surface area contributed by atoms with Gasteiger partial charge in [-0.1, -0.05) is 19.8 Å². The van der Waals surface area contributed by atoms with E-state index < -0.39 is 0 Å². The second-order valence-electron chi connectivity index (χ2n) is 4.55. The minimum atomic E-state index is -0.308. The van der Waals surface area contributed by atoms with E-state index in [9.17, 15) is 4.79 Å². The fourth-order valence-corrected chi connectivity index (χ4v) is 2.11. The van der Waals surface area contributed by atoms with Gasteiger partial charge in [0, 0.05) is 12.6 Å². The lowest BCUT2D eigenvalue weighted by atomic mass is 9.86. The lowest BCUT2D eigenvalue weighted by molar-refractivity contribution is 0.128. The zero-order valence-electron chi connectivity index (χ0n) is 10.1. The first-order chi connectivity index (χ1) is 7.76. The largest absolute Gasteiger partial charge is 0.450 e. The van der Waals surface area contributed by atoms with E-state index in [4.69, 9.17) is 9.84 Å². The minimum absolute atomic E-state index is 0.181. The van der Waals surface area contributed by atoms with Crippen molar-refractivity contribution in [3.63, 3.8) is 0 Å². The van der Waals surface area contributed by atoms with E-state index in [1.807, 2.05) is 0 Å². The van der Waals surface area contributed by atoms with Gasteiger partial charge in [0.15, 0.2) is 0 Å². The highest BCUT2D eigenvalue weighted by atomic mass is 16.5. The quantitative estimate of drug-likeness (QED) is 0.709. The summed E-state index contributed by atoms with van der Waals surface area (Å²) in [5.74, 6) is 0.342. The predicted octanol–water partition coefficient (Wildman–Crippen LogP) is 2.06. The zero-order valence-corrected chi connectivity index (χ0v) is 10.1. The van der Waals surface area contributed by atoms with Crippen molar-refractivity contribution >= 4 is 6.09 Å². The van der Waals surface area contributed by atoms with Gasteiger partial charge in [-0.3, -0.25) is 0 Å². The molecule has 1 fully saturated rings. The molecular formula is C12H23NO3. The molecule has 0 aliphatic heterocycles. The number of hydrogen-bond acceptors (Lipinski definition) is 3. The first kappa shape index (κ1) is 13.3. The van der Waals surface area contributed by atoms with Gasteiger partial charge in [-0.25, -0.2) is 4.79 Å². The number of rotatable bonds is 5. The number of carbonyl (C=O) groups excluding carboxylic acids is 1. The number of amides is 1. The standard InChI is InChI=1S/C12H23NO3/c1-2-3-7-16-12(15)13-11-6-4-5-10(8-11)9-14/h10-11,14H,2-9H2,1H3,(H,13,15)/t10-,11+/m0/s1. The summed E-state index contributed by atoms with van der Waals surface area (Å²) >= 11 is 0. The zero-order chi connectivity index (χ0) is 11.8. The molecule has 0 spiro atoms. The molecule has 0 aromatic rings. The van der Waals surface area contributed by atoms with Crippen molar-refractivity contribution in [1.82, 2.24) is 5.32 Å². The fraction of sp³-hybridized carbons (Fsp3) is 0.917. The first-order valence-corrected chi connectivity index (χ1v) is 6.30. The predicted molar refractivity (Wildman–Crippen MR) is 62.2 cm³/mol. The van der Waals surface area contributed by atoms with Crippen LogP contribution in [0.5, 0.6) is 0 Å². The summed E-state index contributed by atoms with van der Waals surface area (Å²) in [4.78, 5) is 11.4. The van der Waals surface area contributed by atoms with Gasteiger partial charge in [0.2, 0.25) is 0 Å². The maximum atomic E-state index is 11.4. The Kier molecular flexibility index (Phi) is 6.23. The van der Waals surface area contributed by atoms with Crippen LogP contribution in [0.2, 0.25) is 0 Å². The van der Waals surface area contributed by atoms with Crippen molar-refractivity contribution in [2.24, 2.45) is 5.92 Å². The van der Waals surface area contributed by atoms with E-state index >= 15 is 0 Å². The molecule has 0 radical (unpaired) electrons. The van der Waals surface area contributed by atoms with Crippen molar-refractivity contribution in [3.05, 3.63) is 0 Å². The van der Waals surface area contributed by atoms with Gasteiger partial charge in [-0.05, 0) is 31.6 Å². The second kappa shape index (κ2) is 7.49. The van der Waals surface area contributed by atoms with Crippen LogP contribution in [0.3, 0.4) is 0 Å². The van der Waals surface area contributed by atoms with Crippen LogP contribution in [-0.4, -0.2) is 30.5 Å². The molecule has 0 unspecified atom stereocenters. The summed E-state index contributed by atoms with van der Waals surface area (Å²) in [6.45, 7) is 2.79. The highest BCUT2D eigenvalue weighted by molar-refractivity contribution is 5.67. The fourth-order valence-electron chi connectivity index (χ4n) is 2.11. The number of unbranched alkanes of at least 4 members (excludes halogenated alkanes) is 1. The van der Waals surface area contributed by atoms with Crippen LogP contribution < -0.4 is 5.32 Å². The summed E-state index contributed by atoms with van der Waals surface area (Å²) in [5, 5.41) is 11.9. The Bertz CT molecular complexity index is 208. The maximum absolute atomic E-state index is 11.4. The molecule has 0 aromatic heterocycles. The minimum Gasteiger partial charge on any atom is -0.450 e. The van der Waals surface area contributed by atoms with E-state index in [0.717, 1.165) is 38.5 Å². The van der Waals surface area contributed by atoms with Gasteiger partial charge in [0.1, 0.15) is 0 Å². The number of hydrogen-bond donors (Lipinski definition) is 2. The second-order valence-corrected chi connectivity index (χ2v) is 4.55. The van der Waals surface area contributed by atoms with Crippen LogP contribution in [0.25, 0.3) is 0 Å². The molecule has 0 heterocycles. The van der Waals surface area contributed by atoms with Gasteiger partial charge in [-0.2, -0.15) is 0 Å². The molecule has 4 nitrogen and oxygen atoms in total. The Morgan fingerprint density at radius 2 is 2.31 bits per heavy atom. The number of alkyl carbamates (subject to hydrolysis) is 1. The molecular weight excluding hydrogens is 206 g/mol. The van der Waals surface area contributed by atoms with Gasteiger partial charge in [0.05, 0.1) is 6.61 Å². The highest BCUT2D eigenvalue weighted by Gasteiger charge is 2.22. The topological polar surface area (TPSA) is 58.6 Å². The van der Waals surface area contributed by atoms with Gasteiger partial charge in [-0.15, -0.1) is 0 Å². The number of ether oxygens (including phenoxy) is 1. The van der Waals surface area contributed by atoms with E-state index in [2.05, 4.69) is 12.2 Å². The third-order valence-electron chi connectivity index (χ3n) is 3.09. The number of aliphatic hydroxyl groups is 1. The van der Waals surface area contributed by atoms with Crippen molar-refractivity contribution in [1.29, 1.82) is 0 Å². The van der Waals surface area contributed by atoms with Gasteiger partial charge >= 0.3 is 6.09 Å². The Morgan fingerprint density at radius 3 is 3.00 bits per heavy atom. The van der Waals surface area contributed by atoms with Crippen molar-refractivity contribution in [3.8, 4) is 0 Å². The lowest BCUT2D eigenvalue weighted by Crippen LogP contribution is -2.39. The third-order valence-corrected chi connectivity index (χ3v) is 3.09. The Morgan fingerprint density at radius 1 is 1.50 bits per heavy atom. The molecule has 2 atom stereocenters.